The molecular formula is C14H23NO4. The normalized spacial score (nSPS) is 21.5. The summed E-state index contributed by atoms with van der Waals surface area (Å²) in [4.78, 5) is 22.9. The fourth-order valence-electron chi connectivity index (χ4n) is 2.04. The summed E-state index contributed by atoms with van der Waals surface area (Å²) in [6.07, 6.45) is 3.65. The number of allylic oxidation sites excluding steroid dienone is 1. The van der Waals surface area contributed by atoms with E-state index in [9.17, 15) is 14.7 Å². The molecule has 108 valence electrons. The topological polar surface area (TPSA) is 86.6 Å². The van der Waals surface area contributed by atoms with Gasteiger partial charge in [0.1, 0.15) is 5.76 Å². The van der Waals surface area contributed by atoms with Gasteiger partial charge in [-0.05, 0) is 18.3 Å². The molecule has 5 nitrogen and oxygen atoms in total. The number of nitrogens with one attached hydrogen (secondary N) is 1. The van der Waals surface area contributed by atoms with Gasteiger partial charge in [0.15, 0.2) is 5.70 Å². The predicted molar refractivity (Wildman–Crippen MR) is 71.5 cm³/mol. The van der Waals surface area contributed by atoms with Crippen molar-refractivity contribution in [1.82, 2.24) is 5.32 Å². The van der Waals surface area contributed by atoms with Crippen molar-refractivity contribution >= 4 is 11.9 Å². The van der Waals surface area contributed by atoms with E-state index in [1.807, 2.05) is 20.8 Å². The average molecular weight is 269 g/mol. The molecule has 19 heavy (non-hydrogen) atoms. The summed E-state index contributed by atoms with van der Waals surface area (Å²) >= 11 is 0. The zero-order valence-corrected chi connectivity index (χ0v) is 11.8. The Balaban J connectivity index is 2.64. The van der Waals surface area contributed by atoms with Gasteiger partial charge < -0.3 is 15.5 Å². The highest BCUT2D eigenvalue weighted by Crippen LogP contribution is 2.51. The van der Waals surface area contributed by atoms with Crippen LogP contribution in [0.2, 0.25) is 0 Å². The van der Waals surface area contributed by atoms with Crippen molar-refractivity contribution in [3.05, 3.63) is 11.5 Å². The summed E-state index contributed by atoms with van der Waals surface area (Å²) in [5, 5.41) is 21.2. The monoisotopic (exact) mass is 269 g/mol. The number of carboxylic acid groups (broad SMARTS) is 1. The highest BCUT2D eigenvalue weighted by molar-refractivity contribution is 5.94. The number of carbonyl (C=O) groups is 2. The first-order chi connectivity index (χ1) is 8.79. The van der Waals surface area contributed by atoms with Gasteiger partial charge in [0.05, 0.1) is 0 Å². The fourth-order valence-corrected chi connectivity index (χ4v) is 2.04. The minimum atomic E-state index is -1.29. The van der Waals surface area contributed by atoms with Gasteiger partial charge in [0.2, 0.25) is 5.91 Å². The third-order valence-electron chi connectivity index (χ3n) is 3.60. The van der Waals surface area contributed by atoms with Crippen LogP contribution in [0.4, 0.5) is 0 Å². The lowest BCUT2D eigenvalue weighted by molar-refractivity contribution is -0.135. The van der Waals surface area contributed by atoms with Crippen molar-refractivity contribution in [2.45, 2.75) is 52.9 Å². The van der Waals surface area contributed by atoms with Crippen molar-refractivity contribution in [1.29, 1.82) is 0 Å². The van der Waals surface area contributed by atoms with E-state index in [2.05, 4.69) is 5.32 Å². The van der Waals surface area contributed by atoms with Crippen LogP contribution in [0.5, 0.6) is 0 Å². The Morgan fingerprint density at radius 2 is 1.84 bits per heavy atom. The van der Waals surface area contributed by atoms with E-state index in [-0.39, 0.29) is 35.1 Å². The molecule has 0 saturated heterocycles. The fraction of sp³-hybridized carbons (Fsp3) is 0.714. The minimum absolute atomic E-state index is 0.0640. The molecule has 3 N–H and O–H groups in total. The first-order valence-corrected chi connectivity index (χ1v) is 6.76. The quantitative estimate of drug-likeness (QED) is 0.376. The van der Waals surface area contributed by atoms with Crippen molar-refractivity contribution < 1.29 is 19.8 Å². The Morgan fingerprint density at radius 3 is 2.26 bits per heavy atom. The molecule has 0 aromatic carbocycles. The van der Waals surface area contributed by atoms with Gasteiger partial charge in [-0.1, -0.05) is 33.6 Å². The van der Waals surface area contributed by atoms with Crippen LogP contribution < -0.4 is 5.32 Å². The maximum atomic E-state index is 11.9. The Kier molecular flexibility index (Phi) is 4.97. The van der Waals surface area contributed by atoms with Gasteiger partial charge in [0.25, 0.3) is 0 Å². The number of carboxylic acids is 1. The summed E-state index contributed by atoms with van der Waals surface area (Å²) < 4.78 is 0. The Labute approximate surface area is 113 Å². The molecule has 0 bridgehead atoms. The smallest absolute Gasteiger partial charge is 0.355 e. The summed E-state index contributed by atoms with van der Waals surface area (Å²) in [7, 11) is 0. The molecule has 5 heteroatoms. The minimum Gasteiger partial charge on any atom is -0.510 e. The Bertz CT molecular complexity index is 398. The molecule has 1 unspecified atom stereocenters. The van der Waals surface area contributed by atoms with Gasteiger partial charge >= 0.3 is 5.97 Å². The van der Waals surface area contributed by atoms with Crippen LogP contribution in [-0.2, 0) is 9.59 Å². The van der Waals surface area contributed by atoms with E-state index in [0.29, 0.717) is 6.42 Å². The molecule has 0 radical (unpaired) electrons. The number of aliphatic hydroxyl groups is 1. The van der Waals surface area contributed by atoms with E-state index in [4.69, 9.17) is 5.11 Å². The molecule has 1 saturated carbocycles. The lowest BCUT2D eigenvalue weighted by Crippen LogP contribution is -2.31. The molecule has 0 aromatic heterocycles. The van der Waals surface area contributed by atoms with Gasteiger partial charge in [-0.25, -0.2) is 4.79 Å². The van der Waals surface area contributed by atoms with Gasteiger partial charge in [-0.2, -0.15) is 0 Å². The lowest BCUT2D eigenvalue weighted by Gasteiger charge is -2.10. The van der Waals surface area contributed by atoms with Crippen LogP contribution in [0.1, 0.15) is 52.9 Å². The lowest BCUT2D eigenvalue weighted by atomic mass is 10.1. The summed E-state index contributed by atoms with van der Waals surface area (Å²) in [5.41, 5.74) is -0.435. The Morgan fingerprint density at radius 1 is 1.26 bits per heavy atom. The zero-order chi connectivity index (χ0) is 14.6. The predicted octanol–water partition coefficient (Wildman–Crippen LogP) is 2.58. The standard InChI is InChI=1S/C14H23NO4/c1-4-5-6-7-10(16)11(13(18)19)15-12(17)9-8-14(9,2)3/h9,16H,4-8H2,1-3H3,(H,15,17)(H,18,19)/b11-10-. The van der Waals surface area contributed by atoms with E-state index in [1.165, 1.54) is 0 Å². The summed E-state index contributed by atoms with van der Waals surface area (Å²) in [6.45, 7) is 5.95. The molecule has 1 rings (SSSR count). The van der Waals surface area contributed by atoms with Crippen LogP contribution in [0.15, 0.2) is 11.5 Å². The number of hydrogen-bond donors (Lipinski definition) is 3. The molecule has 1 amide bonds. The highest BCUT2D eigenvalue weighted by atomic mass is 16.4. The molecule has 0 aliphatic heterocycles. The number of rotatable bonds is 7. The van der Waals surface area contributed by atoms with Gasteiger partial charge in [0, 0.05) is 12.3 Å². The molecule has 0 aromatic rings. The average Bonchev–Trinajstić information content (AvgIpc) is 2.95. The maximum absolute atomic E-state index is 11.9. The second-order valence-corrected chi connectivity index (χ2v) is 5.82. The number of carbonyl (C=O) groups excluding carboxylic acids is 1. The molecule has 0 heterocycles. The number of unbranched alkanes of at least 4 members (excludes halogenated alkanes) is 2. The van der Waals surface area contributed by atoms with Crippen molar-refractivity contribution in [2.24, 2.45) is 11.3 Å². The Hall–Kier alpha value is -1.52. The molecule has 1 aliphatic carbocycles. The second-order valence-electron chi connectivity index (χ2n) is 5.82. The van der Waals surface area contributed by atoms with Gasteiger partial charge in [-0.3, -0.25) is 4.79 Å². The first kappa shape index (κ1) is 15.5. The third kappa shape index (κ3) is 4.26. The molecule has 0 spiro atoms. The second kappa shape index (κ2) is 6.08. The van der Waals surface area contributed by atoms with E-state index < -0.39 is 5.97 Å². The van der Waals surface area contributed by atoms with Crippen LogP contribution in [-0.4, -0.2) is 22.1 Å². The number of hydrogen-bond acceptors (Lipinski definition) is 3. The van der Waals surface area contributed by atoms with E-state index >= 15 is 0 Å². The molecule has 1 atom stereocenters. The van der Waals surface area contributed by atoms with Crippen LogP contribution in [0.3, 0.4) is 0 Å². The summed E-state index contributed by atoms with van der Waals surface area (Å²) in [6, 6.07) is 0. The molecule has 1 fully saturated rings. The maximum Gasteiger partial charge on any atom is 0.355 e. The highest BCUT2D eigenvalue weighted by Gasteiger charge is 2.50. The van der Waals surface area contributed by atoms with Crippen molar-refractivity contribution in [3.8, 4) is 0 Å². The first-order valence-electron chi connectivity index (χ1n) is 6.76. The van der Waals surface area contributed by atoms with Crippen LogP contribution in [0.25, 0.3) is 0 Å². The molecular weight excluding hydrogens is 246 g/mol. The van der Waals surface area contributed by atoms with Crippen LogP contribution >= 0.6 is 0 Å². The third-order valence-corrected chi connectivity index (χ3v) is 3.60. The van der Waals surface area contributed by atoms with E-state index in [0.717, 1.165) is 19.3 Å². The zero-order valence-electron chi connectivity index (χ0n) is 11.8. The van der Waals surface area contributed by atoms with E-state index in [1.54, 1.807) is 0 Å². The summed E-state index contributed by atoms with van der Waals surface area (Å²) in [5.74, 6) is -2.01. The SMILES string of the molecule is CCCCC/C(O)=C(/NC(=O)C1CC1(C)C)C(=O)O. The largest absolute Gasteiger partial charge is 0.510 e. The number of aliphatic carboxylic acids is 1. The van der Waals surface area contributed by atoms with Crippen LogP contribution in [0, 0.1) is 11.3 Å². The number of aliphatic hydroxyl groups excluding tert-OH is 1. The van der Waals surface area contributed by atoms with Crippen molar-refractivity contribution in [2.75, 3.05) is 0 Å². The van der Waals surface area contributed by atoms with Crippen molar-refractivity contribution in [3.63, 3.8) is 0 Å². The van der Waals surface area contributed by atoms with Gasteiger partial charge in [-0.15, -0.1) is 0 Å². The number of amides is 1. The molecule has 1 aliphatic rings.